The van der Waals surface area contributed by atoms with E-state index in [0.29, 0.717) is 25.0 Å². The predicted octanol–water partition coefficient (Wildman–Crippen LogP) is 0.794. The maximum atomic E-state index is 13.7. The third-order valence-electron chi connectivity index (χ3n) is 3.24. The van der Waals surface area contributed by atoms with Crippen molar-refractivity contribution in [2.24, 2.45) is 0 Å². The Morgan fingerprint density at radius 1 is 1.25 bits per heavy atom. The molecule has 2 N–H and O–H groups in total. The third kappa shape index (κ3) is 1.98. The molecule has 0 unspecified atom stereocenters. The van der Waals surface area contributed by atoms with Crippen LogP contribution < -0.4 is 5.73 Å². The number of benzene rings is 1. The quantitative estimate of drug-likeness (QED) is 0.783. The number of nitrogen functional groups attached to an aromatic ring is 1. The second-order valence-electron chi connectivity index (χ2n) is 4.52. The molecule has 0 aliphatic carbocycles. The van der Waals surface area contributed by atoms with Crippen molar-refractivity contribution in [1.29, 1.82) is 0 Å². The molecule has 3 rings (SSSR count). The number of halogens is 2. The molecular weight excluding hydrogens is 268 g/mol. The first kappa shape index (κ1) is 12.5. The molecule has 104 valence electrons. The topological polar surface area (TPSA) is 77.0 Å². The Balaban J connectivity index is 1.89. The summed E-state index contributed by atoms with van der Waals surface area (Å²) in [5, 5.41) is 7.62. The number of nitrogens with two attached hydrogens (primary N) is 1. The fraction of sp³-hybridized carbons (Fsp3) is 0.250. The van der Waals surface area contributed by atoms with Crippen molar-refractivity contribution in [3.05, 3.63) is 41.5 Å². The van der Waals surface area contributed by atoms with Gasteiger partial charge in [-0.1, -0.05) is 0 Å². The summed E-state index contributed by atoms with van der Waals surface area (Å²) in [6.07, 6.45) is 1.58. The summed E-state index contributed by atoms with van der Waals surface area (Å²) in [6, 6.07) is 1.64. The zero-order valence-corrected chi connectivity index (χ0v) is 10.4. The minimum Gasteiger partial charge on any atom is -0.396 e. The van der Waals surface area contributed by atoms with Gasteiger partial charge in [-0.15, -0.1) is 10.2 Å². The Morgan fingerprint density at radius 3 is 2.85 bits per heavy atom. The normalized spacial score (nSPS) is 14.2. The average molecular weight is 279 g/mol. The number of hydrogen-bond donors (Lipinski definition) is 1. The molecule has 8 heteroatoms. The van der Waals surface area contributed by atoms with E-state index < -0.39 is 17.5 Å². The van der Waals surface area contributed by atoms with Crippen LogP contribution in [-0.2, 0) is 13.1 Å². The number of nitrogens with zero attached hydrogens (tertiary/aromatic N) is 4. The molecule has 1 aromatic heterocycles. The Kier molecular flexibility index (Phi) is 2.85. The molecule has 2 aromatic rings. The number of hydrogen-bond acceptors (Lipinski definition) is 4. The van der Waals surface area contributed by atoms with Gasteiger partial charge in [0.25, 0.3) is 5.91 Å². The van der Waals surface area contributed by atoms with Crippen LogP contribution in [0.2, 0.25) is 0 Å². The number of carbonyl (C=O) groups excluding carboxylic acids is 1. The molecule has 0 saturated heterocycles. The molecule has 1 amide bonds. The van der Waals surface area contributed by atoms with Gasteiger partial charge < -0.3 is 15.2 Å². The molecule has 6 nitrogen and oxygen atoms in total. The van der Waals surface area contributed by atoms with Gasteiger partial charge in [0.15, 0.2) is 5.82 Å². The van der Waals surface area contributed by atoms with E-state index in [4.69, 9.17) is 5.73 Å². The molecule has 1 aliphatic rings. The Bertz CT molecular complexity index is 684. The molecule has 1 aliphatic heterocycles. The average Bonchev–Trinajstić information content (AvgIpc) is 2.89. The van der Waals surface area contributed by atoms with Crippen molar-refractivity contribution in [1.82, 2.24) is 19.7 Å². The summed E-state index contributed by atoms with van der Waals surface area (Å²) in [6.45, 7) is 1.17. The highest BCUT2D eigenvalue weighted by Crippen LogP contribution is 2.20. The molecular formula is C12H11F2N5O. The van der Waals surface area contributed by atoms with E-state index in [9.17, 15) is 13.6 Å². The van der Waals surface area contributed by atoms with Crippen LogP contribution in [0.3, 0.4) is 0 Å². The van der Waals surface area contributed by atoms with Gasteiger partial charge in [0, 0.05) is 19.2 Å². The number of anilines is 1. The van der Waals surface area contributed by atoms with Crippen molar-refractivity contribution in [2.75, 3.05) is 12.3 Å². The number of fused-ring (bicyclic) bond motifs is 1. The van der Waals surface area contributed by atoms with E-state index in [2.05, 4.69) is 10.2 Å². The lowest BCUT2D eigenvalue weighted by Gasteiger charge is -2.27. The van der Waals surface area contributed by atoms with Gasteiger partial charge in [-0.2, -0.15) is 0 Å². The third-order valence-corrected chi connectivity index (χ3v) is 3.24. The van der Waals surface area contributed by atoms with Crippen molar-refractivity contribution in [2.45, 2.75) is 13.1 Å². The highest BCUT2D eigenvalue weighted by atomic mass is 19.1. The fourth-order valence-electron chi connectivity index (χ4n) is 2.14. The summed E-state index contributed by atoms with van der Waals surface area (Å²) in [7, 11) is 0. The molecule has 0 bridgehead atoms. The standard InChI is InChI=1S/C12H11F2N5O/c13-8-4-9(14)10(15)3-7(8)12(20)18-1-2-19-6-16-17-11(19)5-18/h3-4,6H,1-2,5,15H2. The molecule has 0 radical (unpaired) electrons. The fourth-order valence-corrected chi connectivity index (χ4v) is 2.14. The molecule has 1 aromatic carbocycles. The van der Waals surface area contributed by atoms with E-state index in [1.807, 2.05) is 4.57 Å². The van der Waals surface area contributed by atoms with Gasteiger partial charge in [-0.25, -0.2) is 8.78 Å². The summed E-state index contributed by atoms with van der Waals surface area (Å²) in [5.41, 5.74) is 4.88. The number of amides is 1. The molecule has 0 saturated carbocycles. The van der Waals surface area contributed by atoms with Crippen LogP contribution in [0.4, 0.5) is 14.5 Å². The minimum absolute atomic E-state index is 0.232. The maximum absolute atomic E-state index is 13.7. The van der Waals surface area contributed by atoms with E-state index in [1.165, 1.54) is 4.90 Å². The summed E-state index contributed by atoms with van der Waals surface area (Å²) in [5.74, 6) is -1.71. The molecule has 2 heterocycles. The Labute approximate surface area is 112 Å². The summed E-state index contributed by atoms with van der Waals surface area (Å²) < 4.78 is 28.6. The first-order chi connectivity index (χ1) is 9.56. The lowest BCUT2D eigenvalue weighted by atomic mass is 10.1. The largest absolute Gasteiger partial charge is 0.396 e. The van der Waals surface area contributed by atoms with Gasteiger partial charge in [0.1, 0.15) is 18.0 Å². The zero-order valence-electron chi connectivity index (χ0n) is 10.4. The van der Waals surface area contributed by atoms with E-state index in [1.54, 1.807) is 6.33 Å². The molecule has 0 spiro atoms. The zero-order chi connectivity index (χ0) is 14.3. The van der Waals surface area contributed by atoms with Crippen molar-refractivity contribution >= 4 is 11.6 Å². The molecule has 20 heavy (non-hydrogen) atoms. The molecule has 0 fully saturated rings. The van der Waals surface area contributed by atoms with Gasteiger partial charge in [-0.3, -0.25) is 4.79 Å². The second-order valence-corrected chi connectivity index (χ2v) is 4.52. The number of carbonyl (C=O) groups is 1. The van der Waals surface area contributed by atoms with Gasteiger partial charge >= 0.3 is 0 Å². The van der Waals surface area contributed by atoms with E-state index in [0.717, 1.165) is 6.07 Å². The maximum Gasteiger partial charge on any atom is 0.257 e. The van der Waals surface area contributed by atoms with Gasteiger partial charge in [0.05, 0.1) is 17.8 Å². The van der Waals surface area contributed by atoms with Crippen LogP contribution in [0.5, 0.6) is 0 Å². The summed E-state index contributed by atoms with van der Waals surface area (Å²) in [4.78, 5) is 13.7. The number of aromatic nitrogens is 3. The first-order valence-corrected chi connectivity index (χ1v) is 5.96. The van der Waals surface area contributed by atoms with Crippen LogP contribution in [0.15, 0.2) is 18.5 Å². The monoisotopic (exact) mass is 279 g/mol. The predicted molar refractivity (Wildman–Crippen MR) is 65.5 cm³/mol. The van der Waals surface area contributed by atoms with Crippen LogP contribution in [-0.4, -0.2) is 32.1 Å². The lowest BCUT2D eigenvalue weighted by Crippen LogP contribution is -2.38. The Hall–Kier alpha value is -2.51. The van der Waals surface area contributed by atoms with E-state index in [-0.39, 0.29) is 17.8 Å². The van der Waals surface area contributed by atoms with E-state index >= 15 is 0 Å². The highest BCUT2D eigenvalue weighted by molar-refractivity contribution is 5.95. The number of rotatable bonds is 1. The smallest absolute Gasteiger partial charge is 0.257 e. The van der Waals surface area contributed by atoms with Gasteiger partial charge in [-0.05, 0) is 6.07 Å². The van der Waals surface area contributed by atoms with Gasteiger partial charge in [0.2, 0.25) is 0 Å². The Morgan fingerprint density at radius 2 is 2.05 bits per heavy atom. The van der Waals surface area contributed by atoms with Crippen molar-refractivity contribution < 1.29 is 13.6 Å². The first-order valence-electron chi connectivity index (χ1n) is 5.96. The van der Waals surface area contributed by atoms with Crippen LogP contribution in [0.25, 0.3) is 0 Å². The van der Waals surface area contributed by atoms with Crippen molar-refractivity contribution in [3.63, 3.8) is 0 Å². The molecule has 0 atom stereocenters. The van der Waals surface area contributed by atoms with Crippen LogP contribution in [0, 0.1) is 11.6 Å². The minimum atomic E-state index is -0.922. The van der Waals surface area contributed by atoms with Crippen LogP contribution >= 0.6 is 0 Å². The summed E-state index contributed by atoms with van der Waals surface area (Å²) >= 11 is 0. The highest BCUT2D eigenvalue weighted by Gasteiger charge is 2.25. The SMILES string of the molecule is Nc1cc(C(=O)N2CCn3cnnc3C2)c(F)cc1F. The van der Waals surface area contributed by atoms with Crippen LogP contribution in [0.1, 0.15) is 16.2 Å². The van der Waals surface area contributed by atoms with Crippen molar-refractivity contribution in [3.8, 4) is 0 Å². The second kappa shape index (κ2) is 4.55. The lowest BCUT2D eigenvalue weighted by molar-refractivity contribution is 0.0702.